The summed E-state index contributed by atoms with van der Waals surface area (Å²) in [7, 11) is -3.48. The lowest BCUT2D eigenvalue weighted by Crippen LogP contribution is -2.32. The summed E-state index contributed by atoms with van der Waals surface area (Å²) in [4.78, 5) is 18.7. The van der Waals surface area contributed by atoms with Gasteiger partial charge in [0.2, 0.25) is 10.0 Å². The largest absolute Gasteiger partial charge is 0.331 e. The Labute approximate surface area is 151 Å². The van der Waals surface area contributed by atoms with Gasteiger partial charge < -0.3 is 4.90 Å². The number of aromatic nitrogens is 1. The zero-order chi connectivity index (χ0) is 18.0. The summed E-state index contributed by atoms with van der Waals surface area (Å²) in [6.45, 7) is 0.490. The lowest BCUT2D eigenvalue weighted by Gasteiger charge is -2.23. The lowest BCUT2D eigenvalue weighted by molar-refractivity contribution is 0.0730. The highest BCUT2D eigenvalue weighted by molar-refractivity contribution is 7.92. The summed E-state index contributed by atoms with van der Waals surface area (Å²) < 4.78 is 25.3. The molecule has 1 heterocycles. The second-order valence-corrected chi connectivity index (χ2v) is 8.24. The second kappa shape index (κ2) is 7.01. The van der Waals surface area contributed by atoms with Gasteiger partial charge in [0, 0.05) is 30.5 Å². The number of halogens is 1. The maximum Gasteiger partial charge on any atom is 0.254 e. The van der Waals surface area contributed by atoms with Gasteiger partial charge in [0.1, 0.15) is 0 Å². The molecule has 0 unspecified atom stereocenters. The Bertz CT molecular complexity index is 883. The molecule has 132 valence electrons. The molecule has 1 aliphatic rings. The standard InChI is InChI=1S/C17H18ClN3O3S/c1-25(23,24)20-16-10-13(2-5-15(16)18)17(22)21(14-3-4-14)11-12-6-8-19-9-7-12/h2,5-10,14,20H,3-4,11H2,1H3. The van der Waals surface area contributed by atoms with E-state index < -0.39 is 10.0 Å². The molecule has 0 saturated heterocycles. The minimum absolute atomic E-state index is 0.146. The number of nitrogens with one attached hydrogen (secondary N) is 1. The van der Waals surface area contributed by atoms with Crippen LogP contribution in [0.5, 0.6) is 0 Å². The van der Waals surface area contributed by atoms with Crippen molar-refractivity contribution >= 4 is 33.2 Å². The van der Waals surface area contributed by atoms with Gasteiger partial charge in [0.15, 0.2) is 0 Å². The molecule has 3 rings (SSSR count). The molecule has 1 aliphatic carbocycles. The fourth-order valence-electron chi connectivity index (χ4n) is 2.54. The first-order valence-corrected chi connectivity index (χ1v) is 10.1. The highest BCUT2D eigenvalue weighted by atomic mass is 35.5. The molecule has 0 aliphatic heterocycles. The molecule has 0 bridgehead atoms. The summed E-state index contributed by atoms with van der Waals surface area (Å²) in [6, 6.07) is 8.58. The molecule has 1 aromatic carbocycles. The van der Waals surface area contributed by atoms with Crippen LogP contribution < -0.4 is 4.72 Å². The molecule has 6 nitrogen and oxygen atoms in total. The minimum Gasteiger partial charge on any atom is -0.331 e. The van der Waals surface area contributed by atoms with Crippen molar-refractivity contribution in [1.29, 1.82) is 0 Å². The molecule has 0 atom stereocenters. The zero-order valence-corrected chi connectivity index (χ0v) is 15.2. The van der Waals surface area contributed by atoms with Gasteiger partial charge >= 0.3 is 0 Å². The van der Waals surface area contributed by atoms with Crippen molar-refractivity contribution in [2.45, 2.75) is 25.4 Å². The highest BCUT2D eigenvalue weighted by Crippen LogP contribution is 2.31. The molecule has 1 aromatic heterocycles. The van der Waals surface area contributed by atoms with Gasteiger partial charge in [0.25, 0.3) is 5.91 Å². The maximum absolute atomic E-state index is 12.9. The lowest BCUT2D eigenvalue weighted by atomic mass is 10.1. The predicted molar refractivity (Wildman–Crippen MR) is 97.1 cm³/mol. The number of sulfonamides is 1. The number of carbonyl (C=O) groups excluding carboxylic acids is 1. The molecular formula is C17H18ClN3O3S. The van der Waals surface area contributed by atoms with E-state index in [0.717, 1.165) is 24.7 Å². The van der Waals surface area contributed by atoms with Crippen molar-refractivity contribution < 1.29 is 13.2 Å². The number of hydrogen-bond acceptors (Lipinski definition) is 4. The molecule has 8 heteroatoms. The van der Waals surface area contributed by atoms with Crippen molar-refractivity contribution in [3.63, 3.8) is 0 Å². The van der Waals surface area contributed by atoms with Crippen LogP contribution in [0.4, 0.5) is 5.69 Å². The van der Waals surface area contributed by atoms with Gasteiger partial charge in [-0.3, -0.25) is 14.5 Å². The molecule has 1 saturated carbocycles. The van der Waals surface area contributed by atoms with Crippen molar-refractivity contribution in [3.05, 3.63) is 58.9 Å². The van der Waals surface area contributed by atoms with Gasteiger partial charge in [-0.05, 0) is 48.7 Å². The summed E-state index contributed by atoms with van der Waals surface area (Å²) >= 11 is 6.03. The van der Waals surface area contributed by atoms with Crippen molar-refractivity contribution in [3.8, 4) is 0 Å². The van der Waals surface area contributed by atoms with E-state index >= 15 is 0 Å². The number of rotatable bonds is 6. The molecule has 0 spiro atoms. The van der Waals surface area contributed by atoms with Crippen LogP contribution in [0, 0.1) is 0 Å². The number of hydrogen-bond donors (Lipinski definition) is 1. The Morgan fingerprint density at radius 3 is 2.56 bits per heavy atom. The SMILES string of the molecule is CS(=O)(=O)Nc1cc(C(=O)N(Cc2ccncc2)C2CC2)ccc1Cl. The number of amides is 1. The van der Waals surface area contributed by atoms with Crippen LogP contribution in [0.1, 0.15) is 28.8 Å². The first-order chi connectivity index (χ1) is 11.8. The number of nitrogens with zero attached hydrogens (tertiary/aromatic N) is 2. The van der Waals surface area contributed by atoms with Gasteiger partial charge in [-0.2, -0.15) is 0 Å². The molecule has 25 heavy (non-hydrogen) atoms. The average molecular weight is 380 g/mol. The third kappa shape index (κ3) is 4.70. The Kier molecular flexibility index (Phi) is 4.96. The van der Waals surface area contributed by atoms with E-state index in [2.05, 4.69) is 9.71 Å². The molecule has 2 aromatic rings. The van der Waals surface area contributed by atoms with Gasteiger partial charge in [-0.1, -0.05) is 11.6 Å². The van der Waals surface area contributed by atoms with E-state index in [0.29, 0.717) is 12.1 Å². The normalized spacial score (nSPS) is 14.2. The van der Waals surface area contributed by atoms with Gasteiger partial charge in [-0.15, -0.1) is 0 Å². The smallest absolute Gasteiger partial charge is 0.254 e. The molecule has 1 N–H and O–H groups in total. The van der Waals surface area contributed by atoms with Crippen molar-refractivity contribution in [2.75, 3.05) is 11.0 Å². The van der Waals surface area contributed by atoms with Gasteiger partial charge in [0.05, 0.1) is 17.0 Å². The Hall–Kier alpha value is -2.12. The van der Waals surface area contributed by atoms with Crippen molar-refractivity contribution in [2.24, 2.45) is 0 Å². The third-order valence-corrected chi connectivity index (χ3v) is 4.78. The summed E-state index contributed by atoms with van der Waals surface area (Å²) in [5.41, 5.74) is 1.60. The first kappa shape index (κ1) is 17.7. The fourth-order valence-corrected chi connectivity index (χ4v) is 3.33. The third-order valence-electron chi connectivity index (χ3n) is 3.86. The second-order valence-electron chi connectivity index (χ2n) is 6.09. The molecule has 1 fully saturated rings. The first-order valence-electron chi connectivity index (χ1n) is 7.81. The zero-order valence-electron chi connectivity index (χ0n) is 13.6. The molecule has 0 radical (unpaired) electrons. The van der Waals surface area contributed by atoms with Crippen LogP contribution >= 0.6 is 11.6 Å². The van der Waals surface area contributed by atoms with Crippen LogP contribution in [0.3, 0.4) is 0 Å². The summed E-state index contributed by atoms with van der Waals surface area (Å²) in [5.74, 6) is -0.146. The number of anilines is 1. The fraction of sp³-hybridized carbons (Fsp3) is 0.294. The van der Waals surface area contributed by atoms with Crippen LogP contribution in [0.15, 0.2) is 42.7 Å². The average Bonchev–Trinajstić information content (AvgIpc) is 3.38. The maximum atomic E-state index is 12.9. The van der Waals surface area contributed by atoms with Crippen LogP contribution in [-0.2, 0) is 16.6 Å². The van der Waals surface area contributed by atoms with E-state index in [4.69, 9.17) is 11.6 Å². The van der Waals surface area contributed by atoms with Crippen molar-refractivity contribution in [1.82, 2.24) is 9.88 Å². The molecular weight excluding hydrogens is 362 g/mol. The topological polar surface area (TPSA) is 79.4 Å². The highest BCUT2D eigenvalue weighted by Gasteiger charge is 2.33. The van der Waals surface area contributed by atoms with Crippen LogP contribution in [0.2, 0.25) is 5.02 Å². The summed E-state index contributed by atoms with van der Waals surface area (Å²) in [6.07, 6.45) is 6.37. The Balaban J connectivity index is 1.86. The monoisotopic (exact) mass is 379 g/mol. The van der Waals surface area contributed by atoms with Crippen LogP contribution in [0.25, 0.3) is 0 Å². The number of benzene rings is 1. The minimum atomic E-state index is -3.48. The Morgan fingerprint density at radius 1 is 1.28 bits per heavy atom. The van der Waals surface area contributed by atoms with Crippen LogP contribution in [-0.4, -0.2) is 36.5 Å². The van der Waals surface area contributed by atoms with E-state index in [1.54, 1.807) is 18.5 Å². The van der Waals surface area contributed by atoms with E-state index in [-0.39, 0.29) is 22.7 Å². The van der Waals surface area contributed by atoms with E-state index in [1.807, 2.05) is 17.0 Å². The van der Waals surface area contributed by atoms with Gasteiger partial charge in [-0.25, -0.2) is 8.42 Å². The molecule has 1 amide bonds. The predicted octanol–water partition coefficient (Wildman–Crippen LogP) is 2.91. The van der Waals surface area contributed by atoms with E-state index in [1.165, 1.54) is 12.1 Å². The van der Waals surface area contributed by atoms with E-state index in [9.17, 15) is 13.2 Å². The number of pyridine rings is 1. The quantitative estimate of drug-likeness (QED) is 0.836. The Morgan fingerprint density at radius 2 is 1.96 bits per heavy atom. The number of carbonyl (C=O) groups is 1. The summed E-state index contributed by atoms with van der Waals surface area (Å²) in [5, 5.41) is 0.245.